The van der Waals surface area contributed by atoms with Crippen LogP contribution in [0.5, 0.6) is 0 Å². The van der Waals surface area contributed by atoms with Crippen LogP contribution in [-0.2, 0) is 22.9 Å². The second-order valence-corrected chi connectivity index (χ2v) is 8.56. The number of anilines is 1. The Kier molecular flexibility index (Phi) is 3.93. The molecule has 5 nitrogen and oxygen atoms in total. The molecule has 1 aliphatic carbocycles. The number of fused-ring (bicyclic) bond motifs is 1. The van der Waals surface area contributed by atoms with E-state index >= 15 is 0 Å². The van der Waals surface area contributed by atoms with Gasteiger partial charge in [0.2, 0.25) is 0 Å². The van der Waals surface area contributed by atoms with Crippen molar-refractivity contribution in [1.29, 1.82) is 0 Å². The summed E-state index contributed by atoms with van der Waals surface area (Å²) in [6.45, 7) is 3.66. The van der Waals surface area contributed by atoms with Crippen LogP contribution in [0.4, 0.5) is 5.00 Å². The summed E-state index contributed by atoms with van der Waals surface area (Å²) in [4.78, 5) is 13.0. The normalized spacial score (nSPS) is 13.8. The Morgan fingerprint density at radius 1 is 1.26 bits per heavy atom. The molecule has 0 fully saturated rings. The van der Waals surface area contributed by atoms with Gasteiger partial charge in [-0.3, -0.25) is 9.52 Å². The maximum Gasteiger partial charge on any atom is 0.262 e. The van der Waals surface area contributed by atoms with Crippen LogP contribution in [0.3, 0.4) is 0 Å². The standard InChI is InChI=1S/C16H18N2O3S2/c1-9-6-7-13(10(2)8-9)23(20,21)18-16-14(15(17)19)11-4-3-5-12(11)22-16/h6-8,18H,3-5H2,1-2H3,(H2,17,19). The van der Waals surface area contributed by atoms with Crippen molar-refractivity contribution >= 4 is 32.3 Å². The molecule has 0 aliphatic heterocycles. The molecule has 0 atom stereocenters. The molecule has 1 aromatic heterocycles. The predicted octanol–water partition coefficient (Wildman–Crippen LogP) is 2.75. The molecule has 0 unspecified atom stereocenters. The maximum absolute atomic E-state index is 12.7. The third-order valence-corrected chi connectivity index (χ3v) is 6.86. The van der Waals surface area contributed by atoms with Crippen molar-refractivity contribution in [3.63, 3.8) is 0 Å². The SMILES string of the molecule is Cc1ccc(S(=O)(=O)Nc2sc3c(c2C(N)=O)CCC3)c(C)c1. The lowest BCUT2D eigenvalue weighted by Crippen LogP contribution is -2.18. The summed E-state index contributed by atoms with van der Waals surface area (Å²) in [6, 6.07) is 5.15. The number of thiophene rings is 1. The van der Waals surface area contributed by atoms with Crippen molar-refractivity contribution in [3.8, 4) is 0 Å². The van der Waals surface area contributed by atoms with Gasteiger partial charge in [-0.1, -0.05) is 17.7 Å². The first-order valence-corrected chi connectivity index (χ1v) is 9.64. The summed E-state index contributed by atoms with van der Waals surface area (Å²) in [7, 11) is -3.75. The number of benzene rings is 1. The number of hydrogen-bond acceptors (Lipinski definition) is 4. The molecular formula is C16H18N2O3S2. The molecule has 1 aliphatic rings. The minimum atomic E-state index is -3.75. The molecule has 1 heterocycles. The molecule has 0 bridgehead atoms. The van der Waals surface area contributed by atoms with E-state index in [4.69, 9.17) is 5.73 Å². The average molecular weight is 350 g/mol. The third kappa shape index (κ3) is 2.86. The number of nitrogens with one attached hydrogen (secondary N) is 1. The molecule has 1 aromatic carbocycles. The second kappa shape index (κ2) is 5.65. The molecule has 0 spiro atoms. The molecule has 3 N–H and O–H groups in total. The van der Waals surface area contributed by atoms with E-state index in [9.17, 15) is 13.2 Å². The number of aryl methyl sites for hydroxylation is 3. The number of amides is 1. The van der Waals surface area contributed by atoms with Crippen LogP contribution in [0, 0.1) is 13.8 Å². The fourth-order valence-corrected chi connectivity index (χ4v) is 5.84. The summed E-state index contributed by atoms with van der Waals surface area (Å²) in [5.74, 6) is -0.581. The van der Waals surface area contributed by atoms with Gasteiger partial charge < -0.3 is 5.73 Å². The van der Waals surface area contributed by atoms with E-state index in [-0.39, 0.29) is 4.90 Å². The Balaban J connectivity index is 2.03. The van der Waals surface area contributed by atoms with E-state index in [1.165, 1.54) is 11.3 Å². The average Bonchev–Trinajstić information content (AvgIpc) is 2.96. The monoisotopic (exact) mass is 350 g/mol. The number of sulfonamides is 1. The highest BCUT2D eigenvalue weighted by Gasteiger charge is 2.28. The van der Waals surface area contributed by atoms with Gasteiger partial charge in [-0.25, -0.2) is 8.42 Å². The highest BCUT2D eigenvalue weighted by molar-refractivity contribution is 7.93. The predicted molar refractivity (Wildman–Crippen MR) is 91.6 cm³/mol. The number of primary amides is 1. The molecular weight excluding hydrogens is 332 g/mol. The minimum absolute atomic E-state index is 0.215. The van der Waals surface area contributed by atoms with Crippen LogP contribution < -0.4 is 10.5 Å². The number of carbonyl (C=O) groups excluding carboxylic acids is 1. The molecule has 2 aromatic rings. The fraction of sp³-hybridized carbons (Fsp3) is 0.312. The number of carbonyl (C=O) groups is 1. The van der Waals surface area contributed by atoms with E-state index in [0.717, 1.165) is 35.3 Å². The lowest BCUT2D eigenvalue weighted by atomic mass is 10.1. The molecule has 0 saturated heterocycles. The van der Waals surface area contributed by atoms with E-state index in [0.29, 0.717) is 16.1 Å². The topological polar surface area (TPSA) is 89.3 Å². The summed E-state index contributed by atoms with van der Waals surface area (Å²) in [5, 5.41) is 0.335. The first-order valence-electron chi connectivity index (χ1n) is 7.34. The zero-order chi connectivity index (χ0) is 16.8. The van der Waals surface area contributed by atoms with Crippen LogP contribution >= 0.6 is 11.3 Å². The first-order chi connectivity index (χ1) is 10.8. The molecule has 0 radical (unpaired) electrons. The van der Waals surface area contributed by atoms with Crippen LogP contribution in [0.2, 0.25) is 0 Å². The number of nitrogens with two attached hydrogens (primary N) is 1. The van der Waals surface area contributed by atoms with Crippen molar-refractivity contribution < 1.29 is 13.2 Å². The van der Waals surface area contributed by atoms with Crippen LogP contribution in [-0.4, -0.2) is 14.3 Å². The maximum atomic E-state index is 12.7. The van der Waals surface area contributed by atoms with Crippen LogP contribution in [0.25, 0.3) is 0 Å². The van der Waals surface area contributed by atoms with Crippen LogP contribution in [0.1, 0.15) is 38.3 Å². The van der Waals surface area contributed by atoms with Gasteiger partial charge in [-0.05, 0) is 50.3 Å². The van der Waals surface area contributed by atoms with Gasteiger partial charge in [0.1, 0.15) is 5.00 Å². The zero-order valence-corrected chi connectivity index (χ0v) is 14.6. The Labute approximate surface area is 139 Å². The van der Waals surface area contributed by atoms with E-state index in [1.807, 2.05) is 13.0 Å². The largest absolute Gasteiger partial charge is 0.365 e. The summed E-state index contributed by atoms with van der Waals surface area (Å²) in [5.41, 5.74) is 8.37. The van der Waals surface area contributed by atoms with Gasteiger partial charge in [0.15, 0.2) is 0 Å². The van der Waals surface area contributed by atoms with Crippen molar-refractivity contribution in [1.82, 2.24) is 0 Å². The highest BCUT2D eigenvalue weighted by atomic mass is 32.2. The van der Waals surface area contributed by atoms with Gasteiger partial charge in [0.05, 0.1) is 10.5 Å². The van der Waals surface area contributed by atoms with E-state index < -0.39 is 15.9 Å². The summed E-state index contributed by atoms with van der Waals surface area (Å²) < 4.78 is 27.9. The zero-order valence-electron chi connectivity index (χ0n) is 13.0. The van der Waals surface area contributed by atoms with Gasteiger partial charge in [0, 0.05) is 4.88 Å². The molecule has 1 amide bonds. The quantitative estimate of drug-likeness (QED) is 0.888. The third-order valence-electron chi connectivity index (χ3n) is 4.01. The molecule has 0 saturated carbocycles. The number of hydrogen-bond donors (Lipinski definition) is 2. The first kappa shape index (κ1) is 16.0. The molecule has 3 rings (SSSR count). The van der Waals surface area contributed by atoms with Gasteiger partial charge >= 0.3 is 0 Å². The van der Waals surface area contributed by atoms with Crippen LogP contribution in [0.15, 0.2) is 23.1 Å². The smallest absolute Gasteiger partial charge is 0.262 e. The summed E-state index contributed by atoms with van der Waals surface area (Å²) in [6.07, 6.45) is 2.62. The van der Waals surface area contributed by atoms with Crippen molar-refractivity contribution in [2.45, 2.75) is 38.0 Å². The molecule has 23 heavy (non-hydrogen) atoms. The second-order valence-electron chi connectivity index (χ2n) is 5.80. The Bertz CT molecular complexity index is 898. The van der Waals surface area contributed by atoms with E-state index in [2.05, 4.69) is 4.72 Å². The number of rotatable bonds is 4. The molecule has 122 valence electrons. The lowest BCUT2D eigenvalue weighted by molar-refractivity contribution is 0.100. The van der Waals surface area contributed by atoms with Gasteiger partial charge in [0.25, 0.3) is 15.9 Å². The minimum Gasteiger partial charge on any atom is -0.365 e. The Morgan fingerprint density at radius 2 is 2.00 bits per heavy atom. The van der Waals surface area contributed by atoms with Gasteiger partial charge in [-0.2, -0.15) is 0 Å². The Morgan fingerprint density at radius 3 is 2.65 bits per heavy atom. The van der Waals surface area contributed by atoms with Gasteiger partial charge in [-0.15, -0.1) is 11.3 Å². The van der Waals surface area contributed by atoms with E-state index in [1.54, 1.807) is 19.1 Å². The highest BCUT2D eigenvalue weighted by Crippen LogP contribution is 2.39. The van der Waals surface area contributed by atoms with Crippen molar-refractivity contribution in [2.24, 2.45) is 5.73 Å². The van der Waals surface area contributed by atoms with Crippen molar-refractivity contribution in [3.05, 3.63) is 45.3 Å². The molecule has 7 heteroatoms. The van der Waals surface area contributed by atoms with Crippen molar-refractivity contribution in [2.75, 3.05) is 4.72 Å². The lowest BCUT2D eigenvalue weighted by Gasteiger charge is -2.11. The fourth-order valence-electron chi connectivity index (χ4n) is 3.01. The Hall–Kier alpha value is -1.86. The summed E-state index contributed by atoms with van der Waals surface area (Å²) >= 11 is 1.32.